The molecular weight excluding hydrogens is 305 g/mol. The van der Waals surface area contributed by atoms with Gasteiger partial charge >= 0.3 is 6.09 Å². The van der Waals surface area contributed by atoms with Gasteiger partial charge in [-0.05, 0) is 43.8 Å². The van der Waals surface area contributed by atoms with Crippen molar-refractivity contribution in [2.75, 3.05) is 38.1 Å². The van der Waals surface area contributed by atoms with Crippen molar-refractivity contribution < 1.29 is 13.9 Å². The van der Waals surface area contributed by atoms with Gasteiger partial charge in [-0.25, -0.2) is 9.18 Å². The number of nitrogens with one attached hydrogen (secondary N) is 1. The highest BCUT2D eigenvalue weighted by Gasteiger charge is 2.23. The first kappa shape index (κ1) is 16.5. The van der Waals surface area contributed by atoms with E-state index >= 15 is 0 Å². The summed E-state index contributed by atoms with van der Waals surface area (Å²) in [5, 5.41) is 3.57. The van der Waals surface area contributed by atoms with Gasteiger partial charge in [-0.2, -0.15) is 0 Å². The molecule has 1 heterocycles. The van der Waals surface area contributed by atoms with Crippen molar-refractivity contribution in [2.24, 2.45) is 0 Å². The minimum Gasteiger partial charge on any atom is -0.450 e. The first-order valence-electron chi connectivity index (χ1n) is 7.25. The van der Waals surface area contributed by atoms with Crippen LogP contribution in [0.15, 0.2) is 18.2 Å². The van der Waals surface area contributed by atoms with Gasteiger partial charge in [0.15, 0.2) is 5.11 Å². The number of nitrogens with zero attached hydrogens (tertiary/aromatic N) is 2. The first-order valence-corrected chi connectivity index (χ1v) is 7.66. The molecule has 0 atom stereocenters. The molecule has 1 N–H and O–H groups in total. The van der Waals surface area contributed by atoms with Gasteiger partial charge in [-0.15, -0.1) is 0 Å². The molecule has 0 unspecified atom stereocenters. The van der Waals surface area contributed by atoms with Crippen molar-refractivity contribution in [3.63, 3.8) is 0 Å². The predicted octanol–water partition coefficient (Wildman–Crippen LogP) is 2.61. The highest BCUT2D eigenvalue weighted by atomic mass is 32.1. The maximum absolute atomic E-state index is 13.5. The van der Waals surface area contributed by atoms with Crippen LogP contribution in [-0.2, 0) is 4.74 Å². The van der Waals surface area contributed by atoms with Crippen molar-refractivity contribution >= 4 is 29.1 Å². The lowest BCUT2D eigenvalue weighted by molar-refractivity contribution is 0.0923. The predicted molar refractivity (Wildman–Crippen MR) is 87.5 cm³/mol. The summed E-state index contributed by atoms with van der Waals surface area (Å²) in [6.45, 7) is 6.24. The van der Waals surface area contributed by atoms with Crippen LogP contribution in [0, 0.1) is 12.7 Å². The number of thiocarbonyl (C=S) groups is 1. The summed E-state index contributed by atoms with van der Waals surface area (Å²) in [4.78, 5) is 15.3. The quantitative estimate of drug-likeness (QED) is 0.847. The second-order valence-electron chi connectivity index (χ2n) is 5.07. The number of ether oxygens (including phenoxy) is 1. The lowest BCUT2D eigenvalue weighted by Gasteiger charge is -2.35. The van der Waals surface area contributed by atoms with Crippen molar-refractivity contribution in [1.82, 2.24) is 9.80 Å². The zero-order valence-electron chi connectivity index (χ0n) is 12.8. The van der Waals surface area contributed by atoms with Gasteiger partial charge < -0.3 is 19.9 Å². The van der Waals surface area contributed by atoms with E-state index in [1.54, 1.807) is 30.9 Å². The Morgan fingerprint density at radius 3 is 2.55 bits per heavy atom. The third-order valence-electron chi connectivity index (χ3n) is 3.52. The van der Waals surface area contributed by atoms with Gasteiger partial charge in [0.25, 0.3) is 0 Å². The number of amides is 1. The molecule has 7 heteroatoms. The van der Waals surface area contributed by atoms with Gasteiger partial charge in [-0.3, -0.25) is 0 Å². The number of anilines is 1. The van der Waals surface area contributed by atoms with Crippen LogP contribution in [0.5, 0.6) is 0 Å². The molecular formula is C15H20FN3O2S. The Labute approximate surface area is 135 Å². The van der Waals surface area contributed by atoms with Crippen LogP contribution in [0.3, 0.4) is 0 Å². The zero-order valence-corrected chi connectivity index (χ0v) is 13.6. The maximum atomic E-state index is 13.5. The molecule has 0 saturated carbocycles. The number of rotatable bonds is 2. The lowest BCUT2D eigenvalue weighted by Crippen LogP contribution is -2.51. The summed E-state index contributed by atoms with van der Waals surface area (Å²) in [6, 6.07) is 4.93. The summed E-state index contributed by atoms with van der Waals surface area (Å²) in [5.41, 5.74) is 1.22. The Morgan fingerprint density at radius 1 is 1.32 bits per heavy atom. The smallest absolute Gasteiger partial charge is 0.409 e. The van der Waals surface area contributed by atoms with Crippen LogP contribution in [0.4, 0.5) is 14.9 Å². The summed E-state index contributed by atoms with van der Waals surface area (Å²) in [6.07, 6.45) is -0.290. The van der Waals surface area contributed by atoms with E-state index in [4.69, 9.17) is 17.0 Å². The van der Waals surface area contributed by atoms with E-state index in [0.29, 0.717) is 49.1 Å². The van der Waals surface area contributed by atoms with Gasteiger partial charge in [-0.1, -0.05) is 6.07 Å². The van der Waals surface area contributed by atoms with Gasteiger partial charge in [0, 0.05) is 31.9 Å². The molecule has 5 nitrogen and oxygen atoms in total. The topological polar surface area (TPSA) is 44.8 Å². The average molecular weight is 325 g/mol. The Hall–Kier alpha value is -1.89. The minimum absolute atomic E-state index is 0.264. The zero-order chi connectivity index (χ0) is 16.1. The molecule has 1 fully saturated rings. The van der Waals surface area contributed by atoms with Crippen LogP contribution < -0.4 is 5.32 Å². The van der Waals surface area contributed by atoms with Crippen molar-refractivity contribution in [3.05, 3.63) is 29.6 Å². The van der Waals surface area contributed by atoms with E-state index in [2.05, 4.69) is 5.32 Å². The van der Waals surface area contributed by atoms with Crippen LogP contribution in [0.1, 0.15) is 12.5 Å². The van der Waals surface area contributed by atoms with Gasteiger partial charge in [0.05, 0.1) is 6.61 Å². The number of halogens is 1. The molecule has 1 aliphatic rings. The molecule has 0 aliphatic carbocycles. The second-order valence-corrected chi connectivity index (χ2v) is 5.45. The summed E-state index contributed by atoms with van der Waals surface area (Å²) in [5.74, 6) is -0.264. The van der Waals surface area contributed by atoms with E-state index in [-0.39, 0.29) is 11.9 Å². The van der Waals surface area contributed by atoms with E-state index in [1.807, 2.05) is 4.90 Å². The molecule has 120 valence electrons. The van der Waals surface area contributed by atoms with E-state index < -0.39 is 0 Å². The fourth-order valence-corrected chi connectivity index (χ4v) is 2.48. The molecule has 0 spiro atoms. The largest absolute Gasteiger partial charge is 0.450 e. The van der Waals surface area contributed by atoms with Crippen LogP contribution in [0.25, 0.3) is 0 Å². The molecule has 0 bridgehead atoms. The monoisotopic (exact) mass is 325 g/mol. The summed E-state index contributed by atoms with van der Waals surface area (Å²) in [7, 11) is 0. The molecule has 2 rings (SSSR count). The SMILES string of the molecule is CCOC(=O)N1CCN(C(=S)Nc2ccc(C)c(F)c2)CC1. The van der Waals surface area contributed by atoms with E-state index in [0.717, 1.165) is 0 Å². The number of hydrogen-bond acceptors (Lipinski definition) is 3. The molecule has 1 aliphatic heterocycles. The van der Waals surface area contributed by atoms with Crippen molar-refractivity contribution in [1.29, 1.82) is 0 Å². The first-order chi connectivity index (χ1) is 10.5. The van der Waals surface area contributed by atoms with Crippen LogP contribution in [0.2, 0.25) is 0 Å². The van der Waals surface area contributed by atoms with Crippen LogP contribution >= 0.6 is 12.2 Å². The minimum atomic E-state index is -0.290. The Kier molecular flexibility index (Phi) is 5.54. The number of carbonyl (C=O) groups excluding carboxylic acids is 1. The Bertz CT molecular complexity index is 560. The van der Waals surface area contributed by atoms with E-state index in [9.17, 15) is 9.18 Å². The Balaban J connectivity index is 1.87. The van der Waals surface area contributed by atoms with Crippen LogP contribution in [-0.4, -0.2) is 53.8 Å². The number of piperazine rings is 1. The number of carbonyl (C=O) groups is 1. The van der Waals surface area contributed by atoms with Crippen molar-refractivity contribution in [2.45, 2.75) is 13.8 Å². The van der Waals surface area contributed by atoms with Gasteiger partial charge in [0.1, 0.15) is 5.82 Å². The molecule has 0 aromatic heterocycles. The second kappa shape index (κ2) is 7.40. The molecule has 1 saturated heterocycles. The standard InChI is InChI=1S/C15H20FN3O2S/c1-3-21-15(20)19-8-6-18(7-9-19)14(22)17-12-5-4-11(2)13(16)10-12/h4-5,10H,3,6-9H2,1-2H3,(H,17,22). The van der Waals surface area contributed by atoms with Crippen molar-refractivity contribution in [3.8, 4) is 0 Å². The number of hydrogen-bond donors (Lipinski definition) is 1. The molecule has 1 aromatic rings. The number of aryl methyl sites for hydroxylation is 1. The maximum Gasteiger partial charge on any atom is 0.409 e. The molecule has 1 aromatic carbocycles. The highest BCUT2D eigenvalue weighted by Crippen LogP contribution is 2.15. The van der Waals surface area contributed by atoms with Gasteiger partial charge in [0.2, 0.25) is 0 Å². The fourth-order valence-electron chi connectivity index (χ4n) is 2.18. The molecule has 1 amide bonds. The number of benzene rings is 1. The lowest BCUT2D eigenvalue weighted by atomic mass is 10.2. The highest BCUT2D eigenvalue weighted by molar-refractivity contribution is 7.80. The third kappa shape index (κ3) is 4.07. The average Bonchev–Trinajstić information content (AvgIpc) is 2.51. The van der Waals surface area contributed by atoms with E-state index in [1.165, 1.54) is 6.07 Å². The summed E-state index contributed by atoms with van der Waals surface area (Å²) < 4.78 is 18.5. The molecule has 0 radical (unpaired) electrons. The normalized spacial score (nSPS) is 14.7. The summed E-state index contributed by atoms with van der Waals surface area (Å²) >= 11 is 5.35. The fraction of sp³-hybridized carbons (Fsp3) is 0.467. The third-order valence-corrected chi connectivity index (χ3v) is 3.88. The Morgan fingerprint density at radius 2 is 1.95 bits per heavy atom. The molecule has 22 heavy (non-hydrogen) atoms.